The first-order valence-electron chi connectivity index (χ1n) is 8.91. The highest BCUT2D eigenvalue weighted by Crippen LogP contribution is 2.44. The number of rotatable bonds is 2. The van der Waals surface area contributed by atoms with E-state index >= 15 is 0 Å². The van der Waals surface area contributed by atoms with Crippen LogP contribution in [0.1, 0.15) is 36.5 Å². The Morgan fingerprint density at radius 3 is 2.69 bits per heavy atom. The molecule has 29 heavy (non-hydrogen) atoms. The second-order valence-electron chi connectivity index (χ2n) is 6.82. The first-order valence-corrected chi connectivity index (χ1v) is 8.91. The lowest BCUT2D eigenvalue weighted by Gasteiger charge is -2.29. The van der Waals surface area contributed by atoms with Gasteiger partial charge in [-0.15, -0.1) is 0 Å². The molecule has 2 N–H and O–H groups in total. The van der Waals surface area contributed by atoms with Gasteiger partial charge in [0.15, 0.2) is 5.78 Å². The molecule has 0 bridgehead atoms. The number of nitriles is 1. The van der Waals surface area contributed by atoms with Crippen LogP contribution in [-0.2, 0) is 15.7 Å². The van der Waals surface area contributed by atoms with Gasteiger partial charge >= 0.3 is 6.18 Å². The number of ether oxygens (including phenoxy) is 1. The van der Waals surface area contributed by atoms with Crippen molar-refractivity contribution in [1.29, 1.82) is 5.26 Å². The summed E-state index contributed by atoms with van der Waals surface area (Å²) in [6.45, 7) is 0. The Kier molecular flexibility index (Phi) is 4.46. The third kappa shape index (κ3) is 3.29. The Hall–Kier alpha value is -3.47. The lowest BCUT2D eigenvalue weighted by atomic mass is 9.80. The Labute approximate surface area is 163 Å². The van der Waals surface area contributed by atoms with Crippen molar-refractivity contribution in [2.75, 3.05) is 0 Å². The first-order chi connectivity index (χ1) is 13.8. The van der Waals surface area contributed by atoms with Crippen LogP contribution >= 0.6 is 0 Å². The number of furan rings is 1. The zero-order valence-electron chi connectivity index (χ0n) is 15.0. The lowest BCUT2D eigenvalue weighted by molar-refractivity contribution is -0.137. The van der Waals surface area contributed by atoms with Crippen LogP contribution in [0.25, 0.3) is 11.3 Å². The Morgan fingerprint density at radius 2 is 1.97 bits per heavy atom. The molecule has 8 heteroatoms. The smallest absolute Gasteiger partial charge is 0.416 e. The van der Waals surface area contributed by atoms with Crippen molar-refractivity contribution in [2.24, 2.45) is 5.73 Å². The van der Waals surface area contributed by atoms with Crippen LogP contribution in [0.3, 0.4) is 0 Å². The van der Waals surface area contributed by atoms with Gasteiger partial charge in [-0.3, -0.25) is 4.79 Å². The van der Waals surface area contributed by atoms with E-state index in [4.69, 9.17) is 14.9 Å². The molecule has 0 unspecified atom stereocenters. The molecule has 1 atom stereocenters. The number of carbonyl (C=O) groups is 1. The third-order valence-corrected chi connectivity index (χ3v) is 4.99. The maximum absolute atomic E-state index is 13.0. The molecule has 2 aromatic rings. The summed E-state index contributed by atoms with van der Waals surface area (Å²) in [6.07, 6.45) is -3.03. The number of benzene rings is 1. The second-order valence-corrected chi connectivity index (χ2v) is 6.82. The van der Waals surface area contributed by atoms with Crippen LogP contribution in [0.4, 0.5) is 13.2 Å². The molecule has 0 fully saturated rings. The third-order valence-electron chi connectivity index (χ3n) is 4.99. The highest BCUT2D eigenvalue weighted by molar-refractivity contribution is 5.99. The summed E-state index contributed by atoms with van der Waals surface area (Å²) in [4.78, 5) is 12.5. The van der Waals surface area contributed by atoms with E-state index in [2.05, 4.69) is 0 Å². The summed E-state index contributed by atoms with van der Waals surface area (Å²) < 4.78 is 50.3. The predicted octanol–water partition coefficient (Wildman–Crippen LogP) is 4.78. The quantitative estimate of drug-likeness (QED) is 0.784. The number of halogens is 3. The molecule has 1 aliphatic carbocycles. The fraction of sp³-hybridized carbons (Fsp3) is 0.238. The average Bonchev–Trinajstić information content (AvgIpc) is 3.16. The van der Waals surface area contributed by atoms with E-state index < -0.39 is 17.7 Å². The number of alkyl halides is 3. The molecule has 148 valence electrons. The number of hydrogen-bond acceptors (Lipinski definition) is 5. The fourth-order valence-electron chi connectivity index (χ4n) is 3.65. The molecule has 0 spiro atoms. The SMILES string of the molecule is N#CC1=C(N)OC2=C(C(=O)CCC2)[C@H]1c1ccc(-c2cccc(C(F)(F)F)c2)o1. The molecule has 0 amide bonds. The average molecular weight is 400 g/mol. The zero-order valence-corrected chi connectivity index (χ0v) is 15.0. The number of carbonyl (C=O) groups excluding carboxylic acids is 1. The van der Waals surface area contributed by atoms with Crippen molar-refractivity contribution in [3.05, 3.63) is 70.5 Å². The largest absolute Gasteiger partial charge is 0.460 e. The van der Waals surface area contributed by atoms with E-state index in [1.807, 2.05) is 6.07 Å². The Bertz CT molecular complexity index is 1100. The Morgan fingerprint density at radius 1 is 1.17 bits per heavy atom. The summed E-state index contributed by atoms with van der Waals surface area (Å²) in [6, 6.07) is 9.77. The predicted molar refractivity (Wildman–Crippen MR) is 95.7 cm³/mol. The minimum atomic E-state index is -4.48. The van der Waals surface area contributed by atoms with Crippen LogP contribution in [0.5, 0.6) is 0 Å². The molecule has 2 aliphatic rings. The molecular weight excluding hydrogens is 385 g/mol. The van der Waals surface area contributed by atoms with E-state index in [0.29, 0.717) is 30.6 Å². The number of hydrogen-bond donors (Lipinski definition) is 1. The van der Waals surface area contributed by atoms with Gasteiger partial charge in [-0.2, -0.15) is 18.4 Å². The van der Waals surface area contributed by atoms with Gasteiger partial charge in [-0.1, -0.05) is 12.1 Å². The molecule has 5 nitrogen and oxygen atoms in total. The highest BCUT2D eigenvalue weighted by atomic mass is 19.4. The number of allylic oxidation sites excluding steroid dienone is 3. The number of nitrogens with two attached hydrogens (primary N) is 1. The maximum atomic E-state index is 13.0. The van der Waals surface area contributed by atoms with E-state index in [9.17, 15) is 23.2 Å². The topological polar surface area (TPSA) is 89.3 Å². The van der Waals surface area contributed by atoms with E-state index in [1.54, 1.807) is 6.07 Å². The number of ketones is 1. The summed E-state index contributed by atoms with van der Waals surface area (Å²) in [5.41, 5.74) is 5.69. The Balaban J connectivity index is 1.78. The maximum Gasteiger partial charge on any atom is 0.416 e. The standard InChI is InChI=1S/C21H15F3N2O3/c22-21(23,24)12-4-1-3-11(9-12)15-7-8-17(28-15)18-13(10-25)20(26)29-16-6-2-5-14(27)19(16)18/h1,3-4,7-9,18H,2,5-6,26H2/t18-/m1/s1. The molecule has 1 aromatic heterocycles. The van der Waals surface area contributed by atoms with Gasteiger partial charge in [0.05, 0.1) is 11.5 Å². The van der Waals surface area contributed by atoms with Crippen LogP contribution in [0.15, 0.2) is 63.6 Å². The van der Waals surface area contributed by atoms with Crippen LogP contribution in [-0.4, -0.2) is 5.78 Å². The van der Waals surface area contributed by atoms with E-state index in [-0.39, 0.29) is 34.3 Å². The molecule has 4 rings (SSSR count). The summed E-state index contributed by atoms with van der Waals surface area (Å²) in [7, 11) is 0. The highest BCUT2D eigenvalue weighted by Gasteiger charge is 2.39. The van der Waals surface area contributed by atoms with Crippen molar-refractivity contribution in [3.63, 3.8) is 0 Å². The van der Waals surface area contributed by atoms with Crippen LogP contribution in [0.2, 0.25) is 0 Å². The van der Waals surface area contributed by atoms with Gasteiger partial charge in [0, 0.05) is 24.0 Å². The first kappa shape index (κ1) is 18.9. The van der Waals surface area contributed by atoms with Gasteiger partial charge in [0.1, 0.15) is 28.9 Å². The minimum Gasteiger partial charge on any atom is -0.460 e. The van der Waals surface area contributed by atoms with Gasteiger partial charge in [-0.25, -0.2) is 0 Å². The molecule has 0 radical (unpaired) electrons. The van der Waals surface area contributed by atoms with Crippen molar-refractivity contribution in [2.45, 2.75) is 31.4 Å². The molecule has 1 aliphatic heterocycles. The zero-order chi connectivity index (χ0) is 20.8. The van der Waals surface area contributed by atoms with Crippen molar-refractivity contribution < 1.29 is 27.1 Å². The van der Waals surface area contributed by atoms with Crippen molar-refractivity contribution in [3.8, 4) is 17.4 Å². The minimum absolute atomic E-state index is 0.0453. The van der Waals surface area contributed by atoms with Crippen molar-refractivity contribution >= 4 is 5.78 Å². The molecule has 0 saturated carbocycles. The van der Waals surface area contributed by atoms with E-state index in [1.165, 1.54) is 18.2 Å². The van der Waals surface area contributed by atoms with Gasteiger partial charge in [0.25, 0.3) is 0 Å². The van der Waals surface area contributed by atoms with Gasteiger partial charge in [-0.05, 0) is 30.7 Å². The molecule has 1 aromatic carbocycles. The normalized spacial score (nSPS) is 19.7. The summed E-state index contributed by atoms with van der Waals surface area (Å²) >= 11 is 0. The van der Waals surface area contributed by atoms with Crippen LogP contribution < -0.4 is 5.73 Å². The number of nitrogens with zero attached hydrogens (tertiary/aromatic N) is 1. The second kappa shape index (κ2) is 6.85. The summed E-state index contributed by atoms with van der Waals surface area (Å²) in [5, 5.41) is 9.55. The van der Waals surface area contributed by atoms with Gasteiger partial charge in [0.2, 0.25) is 5.88 Å². The lowest BCUT2D eigenvalue weighted by Crippen LogP contribution is -2.27. The molecular formula is C21H15F3N2O3. The van der Waals surface area contributed by atoms with Crippen molar-refractivity contribution in [1.82, 2.24) is 0 Å². The number of Topliss-reactive ketones (excluding diaryl/α,β-unsaturated/α-hetero) is 1. The fourth-order valence-corrected chi connectivity index (χ4v) is 3.65. The molecule has 0 saturated heterocycles. The van der Waals surface area contributed by atoms with E-state index in [0.717, 1.165) is 12.1 Å². The monoisotopic (exact) mass is 400 g/mol. The van der Waals surface area contributed by atoms with Gasteiger partial charge < -0.3 is 14.9 Å². The van der Waals surface area contributed by atoms with Crippen LogP contribution in [0, 0.1) is 11.3 Å². The summed E-state index contributed by atoms with van der Waals surface area (Å²) in [5.74, 6) is -0.228. The molecule has 2 heterocycles.